The van der Waals surface area contributed by atoms with Crippen molar-refractivity contribution in [3.63, 3.8) is 0 Å². The average molecular weight is 293 g/mol. The number of anilines is 1. The van der Waals surface area contributed by atoms with Crippen molar-refractivity contribution in [1.29, 1.82) is 5.26 Å². The molecule has 0 aliphatic carbocycles. The van der Waals surface area contributed by atoms with E-state index in [1.807, 2.05) is 6.92 Å². The van der Waals surface area contributed by atoms with Gasteiger partial charge < -0.3 is 5.73 Å². The Kier molecular flexibility index (Phi) is 2.81. The van der Waals surface area contributed by atoms with Gasteiger partial charge in [-0.15, -0.1) is 5.10 Å². The van der Waals surface area contributed by atoms with Gasteiger partial charge in [0, 0.05) is 5.69 Å². The van der Waals surface area contributed by atoms with E-state index < -0.39 is 0 Å². The van der Waals surface area contributed by atoms with Crippen molar-refractivity contribution in [2.45, 2.75) is 13.8 Å². The van der Waals surface area contributed by atoms with Crippen LogP contribution in [0.3, 0.4) is 0 Å². The molecule has 7 heteroatoms. The van der Waals surface area contributed by atoms with Crippen LogP contribution in [0.15, 0.2) is 10.8 Å². The second-order valence-corrected chi connectivity index (χ2v) is 4.22. The molecule has 2 N–H and O–H groups in total. The number of pyridine rings is 1. The van der Waals surface area contributed by atoms with Crippen molar-refractivity contribution in [2.75, 3.05) is 5.73 Å². The fourth-order valence-electron chi connectivity index (χ4n) is 1.57. The van der Waals surface area contributed by atoms with Gasteiger partial charge in [-0.3, -0.25) is 4.98 Å². The number of nitrogens with two attached hydrogens (primary N) is 1. The highest BCUT2D eigenvalue weighted by Crippen LogP contribution is 2.21. The lowest BCUT2D eigenvalue weighted by Gasteiger charge is -2.07. The first-order chi connectivity index (χ1) is 8.02. The maximum atomic E-state index is 9.15. The summed E-state index contributed by atoms with van der Waals surface area (Å²) in [6.07, 6.45) is 0. The summed E-state index contributed by atoms with van der Waals surface area (Å²) in [5.41, 5.74) is 8.05. The molecule has 0 unspecified atom stereocenters. The number of hydrogen-bond donors (Lipinski definition) is 1. The van der Waals surface area contributed by atoms with Crippen molar-refractivity contribution >= 4 is 21.9 Å². The molecule has 0 amide bonds. The summed E-state index contributed by atoms with van der Waals surface area (Å²) in [6, 6.07) is 3.88. The topological polar surface area (TPSA) is 93.4 Å². The number of aryl methyl sites for hydroxylation is 2. The van der Waals surface area contributed by atoms with E-state index in [0.717, 1.165) is 5.69 Å². The standard InChI is InChI=1S/C10H9BrN6/c1-5-3-8(7(4-12)6(2)14-5)17-9(11)15-10(13)16-17/h3H,1-2H3,(H2,13,16). The molecule has 2 rings (SSSR count). The third kappa shape index (κ3) is 1.99. The van der Waals surface area contributed by atoms with E-state index >= 15 is 0 Å². The van der Waals surface area contributed by atoms with Crippen molar-refractivity contribution in [3.8, 4) is 11.8 Å². The maximum absolute atomic E-state index is 9.15. The fourth-order valence-corrected chi connectivity index (χ4v) is 2.03. The van der Waals surface area contributed by atoms with Crippen LogP contribution in [-0.4, -0.2) is 19.7 Å². The number of aromatic nitrogens is 4. The minimum atomic E-state index is 0.146. The van der Waals surface area contributed by atoms with Crippen molar-refractivity contribution in [2.24, 2.45) is 0 Å². The SMILES string of the molecule is Cc1cc(-n2nc(N)nc2Br)c(C#N)c(C)n1. The van der Waals surface area contributed by atoms with Gasteiger partial charge in [0.05, 0.1) is 16.9 Å². The van der Waals surface area contributed by atoms with E-state index in [1.165, 1.54) is 4.68 Å². The van der Waals surface area contributed by atoms with Gasteiger partial charge in [0.1, 0.15) is 6.07 Å². The van der Waals surface area contributed by atoms with Crippen LogP contribution in [0, 0.1) is 25.2 Å². The monoisotopic (exact) mass is 292 g/mol. The lowest BCUT2D eigenvalue weighted by atomic mass is 10.1. The Bertz CT molecular complexity index is 624. The highest BCUT2D eigenvalue weighted by molar-refractivity contribution is 9.10. The van der Waals surface area contributed by atoms with Crippen LogP contribution < -0.4 is 5.73 Å². The Morgan fingerprint density at radius 1 is 1.41 bits per heavy atom. The third-order valence-corrected chi connectivity index (χ3v) is 2.74. The molecule has 0 aliphatic rings. The Morgan fingerprint density at radius 2 is 2.12 bits per heavy atom. The van der Waals surface area contributed by atoms with Crippen molar-refractivity contribution in [3.05, 3.63) is 27.8 Å². The molecule has 0 saturated carbocycles. The number of nitriles is 1. The zero-order chi connectivity index (χ0) is 12.6. The molecule has 0 bridgehead atoms. The van der Waals surface area contributed by atoms with Crippen LogP contribution >= 0.6 is 15.9 Å². The molecule has 0 atom stereocenters. The van der Waals surface area contributed by atoms with Crippen LogP contribution in [0.1, 0.15) is 17.0 Å². The second kappa shape index (κ2) is 4.14. The van der Waals surface area contributed by atoms with E-state index in [2.05, 4.69) is 37.1 Å². The first kappa shape index (κ1) is 11.5. The molecule has 0 fully saturated rings. The molecule has 2 heterocycles. The van der Waals surface area contributed by atoms with Crippen LogP contribution in [-0.2, 0) is 0 Å². The van der Waals surface area contributed by atoms with Gasteiger partial charge in [-0.25, -0.2) is 4.68 Å². The Morgan fingerprint density at radius 3 is 2.65 bits per heavy atom. The largest absolute Gasteiger partial charge is 0.366 e. The number of hydrogen-bond acceptors (Lipinski definition) is 5. The molecule has 86 valence electrons. The van der Waals surface area contributed by atoms with E-state index in [0.29, 0.717) is 21.7 Å². The molecular weight excluding hydrogens is 284 g/mol. The molecule has 2 aromatic rings. The second-order valence-electron chi connectivity index (χ2n) is 3.51. The van der Waals surface area contributed by atoms with E-state index in [4.69, 9.17) is 11.0 Å². The highest BCUT2D eigenvalue weighted by atomic mass is 79.9. The van der Waals surface area contributed by atoms with Crippen LogP contribution in [0.5, 0.6) is 0 Å². The fraction of sp³-hybridized carbons (Fsp3) is 0.200. The molecule has 6 nitrogen and oxygen atoms in total. The summed E-state index contributed by atoms with van der Waals surface area (Å²) in [7, 11) is 0. The maximum Gasteiger partial charge on any atom is 0.240 e. The summed E-state index contributed by atoms with van der Waals surface area (Å²) in [6.45, 7) is 3.63. The van der Waals surface area contributed by atoms with E-state index in [1.54, 1.807) is 13.0 Å². The minimum Gasteiger partial charge on any atom is -0.366 e. The van der Waals surface area contributed by atoms with Crippen LogP contribution in [0.2, 0.25) is 0 Å². The highest BCUT2D eigenvalue weighted by Gasteiger charge is 2.14. The van der Waals surface area contributed by atoms with Gasteiger partial charge in [0.2, 0.25) is 10.7 Å². The van der Waals surface area contributed by atoms with Crippen LogP contribution in [0.4, 0.5) is 5.95 Å². The van der Waals surface area contributed by atoms with Gasteiger partial charge in [0.25, 0.3) is 0 Å². The number of rotatable bonds is 1. The summed E-state index contributed by atoms with van der Waals surface area (Å²) in [5, 5.41) is 13.2. The van der Waals surface area contributed by atoms with E-state index in [-0.39, 0.29) is 5.95 Å². The lowest BCUT2D eigenvalue weighted by Crippen LogP contribution is -2.05. The van der Waals surface area contributed by atoms with Crippen LogP contribution in [0.25, 0.3) is 5.69 Å². The quantitative estimate of drug-likeness (QED) is 0.859. The van der Waals surface area contributed by atoms with Gasteiger partial charge in [-0.2, -0.15) is 10.2 Å². The molecule has 0 spiro atoms. The first-order valence-corrected chi connectivity index (χ1v) is 5.59. The zero-order valence-electron chi connectivity index (χ0n) is 9.27. The van der Waals surface area contributed by atoms with Crippen molar-refractivity contribution in [1.82, 2.24) is 19.7 Å². The smallest absolute Gasteiger partial charge is 0.240 e. The Labute approximate surface area is 106 Å². The average Bonchev–Trinajstić information content (AvgIpc) is 2.56. The predicted molar refractivity (Wildman–Crippen MR) is 65.5 cm³/mol. The predicted octanol–water partition coefficient (Wildman–Crippen LogP) is 1.50. The Balaban J connectivity index is 2.75. The number of nitrogen functional groups attached to an aromatic ring is 1. The van der Waals surface area contributed by atoms with Crippen molar-refractivity contribution < 1.29 is 0 Å². The number of nitrogens with zero attached hydrogens (tertiary/aromatic N) is 5. The zero-order valence-corrected chi connectivity index (χ0v) is 10.9. The van der Waals surface area contributed by atoms with Gasteiger partial charge in [-0.05, 0) is 35.8 Å². The summed E-state index contributed by atoms with van der Waals surface area (Å²) in [5.74, 6) is 0.146. The summed E-state index contributed by atoms with van der Waals surface area (Å²) < 4.78 is 1.94. The Hall–Kier alpha value is -1.94. The number of halogens is 1. The molecule has 17 heavy (non-hydrogen) atoms. The van der Waals surface area contributed by atoms with Gasteiger partial charge >= 0.3 is 0 Å². The molecule has 0 saturated heterocycles. The molecule has 0 radical (unpaired) electrons. The van der Waals surface area contributed by atoms with Gasteiger partial charge in [0.15, 0.2) is 0 Å². The normalized spacial score (nSPS) is 10.2. The third-order valence-electron chi connectivity index (χ3n) is 2.23. The minimum absolute atomic E-state index is 0.146. The lowest BCUT2D eigenvalue weighted by molar-refractivity contribution is 0.847. The summed E-state index contributed by atoms with van der Waals surface area (Å²) >= 11 is 3.25. The van der Waals surface area contributed by atoms with Gasteiger partial charge in [-0.1, -0.05) is 0 Å². The first-order valence-electron chi connectivity index (χ1n) is 4.79. The molecule has 2 aromatic heterocycles. The summed E-state index contributed by atoms with van der Waals surface area (Å²) in [4.78, 5) is 8.18. The molecular formula is C10H9BrN6. The molecule has 0 aliphatic heterocycles. The molecule has 0 aromatic carbocycles. The van der Waals surface area contributed by atoms with E-state index in [9.17, 15) is 0 Å².